The summed E-state index contributed by atoms with van der Waals surface area (Å²) >= 11 is 0. The Morgan fingerprint density at radius 1 is 1.20 bits per heavy atom. The van der Waals surface area contributed by atoms with Crippen LogP contribution in [0.15, 0.2) is 30.3 Å². The molecule has 0 saturated carbocycles. The topological polar surface area (TPSA) is 61.3 Å². The summed E-state index contributed by atoms with van der Waals surface area (Å²) in [5, 5.41) is 13.9. The average molecular weight is 340 g/mol. The molecule has 5 heteroatoms. The molecule has 0 aliphatic carbocycles. The predicted molar refractivity (Wildman–Crippen MR) is 101 cm³/mol. The van der Waals surface area contributed by atoms with Crippen molar-refractivity contribution in [1.82, 2.24) is 15.3 Å². The van der Waals surface area contributed by atoms with Crippen LogP contribution in [0.2, 0.25) is 0 Å². The standard InChI is InChI=1S/C20H28N4O/c1-4-18(17-7-5-6-8-19(17)25)23-16-9-11-24(12-10-16)20-13-14(2)21-15(3)22-20/h5-8,13,16,18,23,25H,4,9-12H2,1-3H3. The van der Waals surface area contributed by atoms with Crippen molar-refractivity contribution in [3.05, 3.63) is 47.4 Å². The number of rotatable bonds is 5. The molecular weight excluding hydrogens is 312 g/mol. The van der Waals surface area contributed by atoms with Gasteiger partial charge in [-0.3, -0.25) is 0 Å². The van der Waals surface area contributed by atoms with Crippen LogP contribution in [0.1, 0.15) is 49.3 Å². The van der Waals surface area contributed by atoms with Crippen molar-refractivity contribution < 1.29 is 5.11 Å². The number of phenols is 1. The SMILES string of the molecule is CCC(NC1CCN(c2cc(C)nc(C)n2)CC1)c1ccccc1O. The first kappa shape index (κ1) is 17.7. The smallest absolute Gasteiger partial charge is 0.132 e. The highest BCUT2D eigenvalue weighted by Crippen LogP contribution is 2.28. The molecule has 134 valence electrons. The molecule has 1 aliphatic rings. The minimum atomic E-state index is 0.196. The number of phenolic OH excluding ortho intramolecular Hbond substituents is 1. The van der Waals surface area contributed by atoms with Gasteiger partial charge >= 0.3 is 0 Å². The van der Waals surface area contributed by atoms with Crippen LogP contribution in [0.5, 0.6) is 5.75 Å². The van der Waals surface area contributed by atoms with Crippen LogP contribution in [0, 0.1) is 13.8 Å². The van der Waals surface area contributed by atoms with E-state index >= 15 is 0 Å². The molecule has 1 fully saturated rings. The Morgan fingerprint density at radius 2 is 1.92 bits per heavy atom. The second-order valence-electron chi connectivity index (χ2n) is 6.86. The number of nitrogens with zero attached hydrogens (tertiary/aromatic N) is 3. The zero-order valence-corrected chi connectivity index (χ0v) is 15.4. The summed E-state index contributed by atoms with van der Waals surface area (Å²) in [5.41, 5.74) is 2.02. The lowest BCUT2D eigenvalue weighted by atomic mass is 9.98. The molecule has 1 aliphatic heterocycles. The van der Waals surface area contributed by atoms with Crippen molar-refractivity contribution in [2.24, 2.45) is 0 Å². The van der Waals surface area contributed by atoms with E-state index in [2.05, 4.69) is 33.2 Å². The molecule has 3 rings (SSSR count). The van der Waals surface area contributed by atoms with Crippen LogP contribution in [-0.4, -0.2) is 34.2 Å². The Labute approximate surface area is 150 Å². The highest BCUT2D eigenvalue weighted by Gasteiger charge is 2.23. The summed E-state index contributed by atoms with van der Waals surface area (Å²) in [7, 11) is 0. The minimum Gasteiger partial charge on any atom is -0.508 e. The molecule has 1 aromatic carbocycles. The Bertz CT molecular complexity index is 690. The Kier molecular flexibility index (Phi) is 5.53. The van der Waals surface area contributed by atoms with Crippen LogP contribution in [0.25, 0.3) is 0 Å². The van der Waals surface area contributed by atoms with Gasteiger partial charge in [-0.15, -0.1) is 0 Å². The number of hydrogen-bond acceptors (Lipinski definition) is 5. The zero-order valence-electron chi connectivity index (χ0n) is 15.4. The summed E-state index contributed by atoms with van der Waals surface area (Å²) in [6, 6.07) is 10.4. The average Bonchev–Trinajstić information content (AvgIpc) is 2.60. The molecular formula is C20H28N4O. The third-order valence-electron chi connectivity index (χ3n) is 4.93. The normalized spacial score (nSPS) is 16.8. The van der Waals surface area contributed by atoms with Gasteiger partial charge in [0.05, 0.1) is 0 Å². The molecule has 0 amide bonds. The summed E-state index contributed by atoms with van der Waals surface area (Å²) in [6.45, 7) is 8.11. The van der Waals surface area contributed by atoms with Crippen LogP contribution in [-0.2, 0) is 0 Å². The van der Waals surface area contributed by atoms with Gasteiger partial charge in [0.1, 0.15) is 17.4 Å². The third-order valence-corrected chi connectivity index (χ3v) is 4.93. The highest BCUT2D eigenvalue weighted by atomic mass is 16.3. The lowest BCUT2D eigenvalue weighted by molar-refractivity contribution is 0.355. The van der Waals surface area contributed by atoms with E-state index in [1.165, 1.54) is 0 Å². The van der Waals surface area contributed by atoms with E-state index in [1.807, 2.05) is 32.0 Å². The molecule has 1 atom stereocenters. The summed E-state index contributed by atoms with van der Waals surface area (Å²) in [4.78, 5) is 11.3. The van der Waals surface area contributed by atoms with Crippen LogP contribution < -0.4 is 10.2 Å². The number of anilines is 1. The summed E-state index contributed by atoms with van der Waals surface area (Å²) in [5.74, 6) is 2.25. The van der Waals surface area contributed by atoms with Gasteiger partial charge in [0.15, 0.2) is 0 Å². The third kappa shape index (κ3) is 4.28. The van der Waals surface area contributed by atoms with Crippen molar-refractivity contribution >= 4 is 5.82 Å². The first-order valence-electron chi connectivity index (χ1n) is 9.18. The molecule has 25 heavy (non-hydrogen) atoms. The van der Waals surface area contributed by atoms with E-state index in [4.69, 9.17) is 0 Å². The fourth-order valence-corrected chi connectivity index (χ4v) is 3.63. The van der Waals surface area contributed by atoms with Gasteiger partial charge in [-0.25, -0.2) is 9.97 Å². The number of aryl methyl sites for hydroxylation is 2. The van der Waals surface area contributed by atoms with Crippen molar-refractivity contribution in [1.29, 1.82) is 0 Å². The van der Waals surface area contributed by atoms with Crippen LogP contribution in [0.3, 0.4) is 0 Å². The van der Waals surface area contributed by atoms with Crippen molar-refractivity contribution in [3.8, 4) is 5.75 Å². The number of para-hydroxylation sites is 1. The van der Waals surface area contributed by atoms with Gasteiger partial charge < -0.3 is 15.3 Å². The maximum atomic E-state index is 10.1. The lowest BCUT2D eigenvalue weighted by Gasteiger charge is -2.35. The quantitative estimate of drug-likeness (QED) is 0.872. The number of hydrogen-bond donors (Lipinski definition) is 2. The first-order chi connectivity index (χ1) is 12.1. The monoisotopic (exact) mass is 340 g/mol. The van der Waals surface area contributed by atoms with E-state index in [9.17, 15) is 5.11 Å². The number of aromatic hydroxyl groups is 1. The number of nitrogens with one attached hydrogen (secondary N) is 1. The maximum absolute atomic E-state index is 10.1. The van der Waals surface area contributed by atoms with Crippen molar-refractivity contribution in [2.75, 3.05) is 18.0 Å². The van der Waals surface area contributed by atoms with Gasteiger partial charge in [-0.2, -0.15) is 0 Å². The maximum Gasteiger partial charge on any atom is 0.132 e. The van der Waals surface area contributed by atoms with E-state index < -0.39 is 0 Å². The van der Waals surface area contributed by atoms with Crippen molar-refractivity contribution in [2.45, 2.75) is 52.1 Å². The van der Waals surface area contributed by atoms with Gasteiger partial charge in [0.25, 0.3) is 0 Å². The molecule has 0 bridgehead atoms. The second kappa shape index (κ2) is 7.83. The molecule has 0 spiro atoms. The highest BCUT2D eigenvalue weighted by molar-refractivity contribution is 5.40. The fraction of sp³-hybridized carbons (Fsp3) is 0.500. The van der Waals surface area contributed by atoms with Gasteiger partial charge in [0, 0.05) is 42.5 Å². The van der Waals surface area contributed by atoms with Gasteiger partial charge in [-0.05, 0) is 39.2 Å². The largest absolute Gasteiger partial charge is 0.508 e. The van der Waals surface area contributed by atoms with Crippen LogP contribution in [0.4, 0.5) is 5.82 Å². The van der Waals surface area contributed by atoms with Gasteiger partial charge in [-0.1, -0.05) is 25.1 Å². The molecule has 1 unspecified atom stereocenters. The molecule has 0 radical (unpaired) electrons. The molecule has 2 N–H and O–H groups in total. The first-order valence-corrected chi connectivity index (χ1v) is 9.18. The molecule has 2 heterocycles. The Hall–Kier alpha value is -2.14. The van der Waals surface area contributed by atoms with E-state index in [1.54, 1.807) is 6.07 Å². The molecule has 5 nitrogen and oxygen atoms in total. The predicted octanol–water partition coefficient (Wildman–Crippen LogP) is 3.51. The van der Waals surface area contributed by atoms with Crippen LogP contribution >= 0.6 is 0 Å². The Morgan fingerprint density at radius 3 is 2.56 bits per heavy atom. The molecule has 1 saturated heterocycles. The van der Waals surface area contributed by atoms with Crippen molar-refractivity contribution in [3.63, 3.8) is 0 Å². The Balaban J connectivity index is 1.61. The summed E-state index contributed by atoms with van der Waals surface area (Å²) < 4.78 is 0. The minimum absolute atomic E-state index is 0.196. The molecule has 2 aromatic rings. The number of aromatic nitrogens is 2. The van der Waals surface area contributed by atoms with Gasteiger partial charge in [0.2, 0.25) is 0 Å². The van der Waals surface area contributed by atoms with E-state index in [0.717, 1.165) is 55.3 Å². The second-order valence-corrected chi connectivity index (χ2v) is 6.86. The van der Waals surface area contributed by atoms with E-state index in [0.29, 0.717) is 11.8 Å². The lowest BCUT2D eigenvalue weighted by Crippen LogP contribution is -2.44. The molecule has 1 aromatic heterocycles. The number of benzene rings is 1. The summed E-state index contributed by atoms with van der Waals surface area (Å²) in [6.07, 6.45) is 3.11. The zero-order chi connectivity index (χ0) is 17.8. The van der Waals surface area contributed by atoms with E-state index in [-0.39, 0.29) is 6.04 Å². The fourth-order valence-electron chi connectivity index (χ4n) is 3.63. The number of piperidine rings is 1.